The van der Waals surface area contributed by atoms with Crippen LogP contribution in [-0.4, -0.2) is 35.3 Å². The van der Waals surface area contributed by atoms with Gasteiger partial charge in [-0.15, -0.1) is 0 Å². The molecule has 0 radical (unpaired) electrons. The SMILES string of the molecule is CCN(Cc1cnc(S(=O)(=O)Cc2cccc(C)c2)n1CC(C)C)C(=O)c1ccccc1. The van der Waals surface area contributed by atoms with Gasteiger partial charge in [-0.1, -0.05) is 61.9 Å². The molecule has 0 spiro atoms. The number of imidazole rings is 1. The predicted molar refractivity (Wildman–Crippen MR) is 126 cm³/mol. The first kappa shape index (κ1) is 23.7. The van der Waals surface area contributed by atoms with Crippen LogP contribution in [0.25, 0.3) is 0 Å². The van der Waals surface area contributed by atoms with E-state index in [1.54, 1.807) is 27.8 Å². The van der Waals surface area contributed by atoms with E-state index in [1.165, 1.54) is 0 Å². The highest BCUT2D eigenvalue weighted by Gasteiger charge is 2.26. The van der Waals surface area contributed by atoms with Gasteiger partial charge in [-0.05, 0) is 37.5 Å². The Morgan fingerprint density at radius 3 is 2.44 bits per heavy atom. The molecule has 0 saturated heterocycles. The zero-order valence-electron chi connectivity index (χ0n) is 19.2. The molecular formula is C25H31N3O3S. The second-order valence-corrected chi connectivity index (χ2v) is 10.4. The number of aromatic nitrogens is 2. The van der Waals surface area contributed by atoms with Crippen LogP contribution in [0, 0.1) is 12.8 Å². The van der Waals surface area contributed by atoms with E-state index in [0.29, 0.717) is 30.9 Å². The van der Waals surface area contributed by atoms with Crippen LogP contribution in [0.1, 0.15) is 48.0 Å². The molecule has 0 aliphatic carbocycles. The van der Waals surface area contributed by atoms with Crippen molar-refractivity contribution in [2.24, 2.45) is 5.92 Å². The highest BCUT2D eigenvalue weighted by molar-refractivity contribution is 7.90. The molecule has 3 rings (SSSR count). The van der Waals surface area contributed by atoms with Gasteiger partial charge in [0, 0.05) is 18.7 Å². The molecule has 0 atom stereocenters. The van der Waals surface area contributed by atoms with Crippen LogP contribution < -0.4 is 0 Å². The van der Waals surface area contributed by atoms with Gasteiger partial charge >= 0.3 is 0 Å². The first-order chi connectivity index (χ1) is 15.2. The van der Waals surface area contributed by atoms with Crippen LogP contribution in [0.2, 0.25) is 0 Å². The van der Waals surface area contributed by atoms with E-state index in [0.717, 1.165) is 11.1 Å². The molecule has 0 bridgehead atoms. The summed E-state index contributed by atoms with van der Waals surface area (Å²) in [5.74, 6) is 0.0225. The van der Waals surface area contributed by atoms with Crippen molar-refractivity contribution in [3.05, 3.63) is 83.2 Å². The van der Waals surface area contributed by atoms with E-state index in [9.17, 15) is 13.2 Å². The molecule has 0 aliphatic heterocycles. The van der Waals surface area contributed by atoms with Gasteiger partial charge in [0.1, 0.15) is 0 Å². The molecule has 1 heterocycles. The molecule has 7 heteroatoms. The summed E-state index contributed by atoms with van der Waals surface area (Å²) in [5.41, 5.74) is 3.08. The van der Waals surface area contributed by atoms with Crippen molar-refractivity contribution in [3.8, 4) is 0 Å². The lowest BCUT2D eigenvalue weighted by Crippen LogP contribution is -2.31. The number of amides is 1. The number of benzene rings is 2. The maximum absolute atomic E-state index is 13.3. The van der Waals surface area contributed by atoms with Crippen molar-refractivity contribution in [2.75, 3.05) is 6.54 Å². The van der Waals surface area contributed by atoms with Crippen molar-refractivity contribution in [2.45, 2.75) is 51.7 Å². The Morgan fingerprint density at radius 2 is 1.81 bits per heavy atom. The van der Waals surface area contributed by atoms with Crippen molar-refractivity contribution >= 4 is 15.7 Å². The molecule has 0 saturated carbocycles. The largest absolute Gasteiger partial charge is 0.333 e. The van der Waals surface area contributed by atoms with Crippen LogP contribution in [0.5, 0.6) is 0 Å². The molecule has 3 aromatic rings. The third kappa shape index (κ3) is 5.65. The lowest BCUT2D eigenvalue weighted by Gasteiger charge is -2.23. The lowest BCUT2D eigenvalue weighted by molar-refractivity contribution is 0.0748. The highest BCUT2D eigenvalue weighted by Crippen LogP contribution is 2.21. The number of rotatable bonds is 9. The standard InChI is InChI=1S/C25H31N3O3S/c1-5-27(24(29)22-12-7-6-8-13-22)17-23-15-26-25(28(23)16-19(2)3)32(30,31)18-21-11-9-10-20(4)14-21/h6-15,19H,5,16-18H2,1-4H3. The van der Waals surface area contributed by atoms with Crippen molar-refractivity contribution < 1.29 is 13.2 Å². The van der Waals surface area contributed by atoms with E-state index in [-0.39, 0.29) is 22.7 Å². The van der Waals surface area contributed by atoms with Crippen LogP contribution >= 0.6 is 0 Å². The smallest absolute Gasteiger partial charge is 0.254 e. The molecule has 32 heavy (non-hydrogen) atoms. The summed E-state index contributed by atoms with van der Waals surface area (Å²) in [6, 6.07) is 16.6. The molecule has 0 N–H and O–H groups in total. The second kappa shape index (κ2) is 10.1. The zero-order chi connectivity index (χ0) is 23.3. The maximum Gasteiger partial charge on any atom is 0.254 e. The van der Waals surface area contributed by atoms with Crippen LogP contribution in [-0.2, 0) is 28.7 Å². The van der Waals surface area contributed by atoms with Gasteiger partial charge in [0.15, 0.2) is 0 Å². The second-order valence-electron chi connectivity index (χ2n) is 8.47. The van der Waals surface area contributed by atoms with Crippen LogP contribution in [0.3, 0.4) is 0 Å². The van der Waals surface area contributed by atoms with Gasteiger partial charge in [-0.25, -0.2) is 13.4 Å². The topological polar surface area (TPSA) is 72.3 Å². The van der Waals surface area contributed by atoms with Gasteiger partial charge in [0.25, 0.3) is 5.91 Å². The minimum atomic E-state index is -3.65. The number of sulfone groups is 1. The summed E-state index contributed by atoms with van der Waals surface area (Å²) >= 11 is 0. The first-order valence-electron chi connectivity index (χ1n) is 10.9. The molecular weight excluding hydrogens is 422 g/mol. The minimum absolute atomic E-state index is 0.0610. The number of aryl methyl sites for hydroxylation is 1. The Balaban J connectivity index is 1.93. The minimum Gasteiger partial charge on any atom is -0.333 e. The summed E-state index contributed by atoms with van der Waals surface area (Å²) in [5, 5.41) is 0.0610. The number of hydrogen-bond donors (Lipinski definition) is 0. The van der Waals surface area contributed by atoms with Crippen molar-refractivity contribution in [1.82, 2.24) is 14.5 Å². The molecule has 0 unspecified atom stereocenters. The van der Waals surface area contributed by atoms with Gasteiger partial charge in [-0.2, -0.15) is 0 Å². The summed E-state index contributed by atoms with van der Waals surface area (Å²) in [4.78, 5) is 19.0. The fourth-order valence-corrected chi connectivity index (χ4v) is 5.19. The first-order valence-corrected chi connectivity index (χ1v) is 12.5. The van der Waals surface area contributed by atoms with E-state index in [4.69, 9.17) is 0 Å². The molecule has 1 amide bonds. The maximum atomic E-state index is 13.3. The normalized spacial score (nSPS) is 11.7. The van der Waals surface area contributed by atoms with E-state index in [2.05, 4.69) is 4.98 Å². The zero-order valence-corrected chi connectivity index (χ0v) is 20.0. The third-order valence-corrected chi connectivity index (χ3v) is 6.80. The Bertz CT molecular complexity index is 1170. The number of carbonyl (C=O) groups excluding carboxylic acids is 1. The Morgan fingerprint density at radius 1 is 1.09 bits per heavy atom. The monoisotopic (exact) mass is 453 g/mol. The van der Waals surface area contributed by atoms with Gasteiger partial charge in [0.2, 0.25) is 15.0 Å². The molecule has 170 valence electrons. The Labute approximate surface area is 190 Å². The van der Waals surface area contributed by atoms with E-state index < -0.39 is 9.84 Å². The number of hydrogen-bond acceptors (Lipinski definition) is 4. The van der Waals surface area contributed by atoms with E-state index >= 15 is 0 Å². The van der Waals surface area contributed by atoms with Gasteiger partial charge in [-0.3, -0.25) is 4.79 Å². The van der Waals surface area contributed by atoms with Crippen molar-refractivity contribution in [3.63, 3.8) is 0 Å². The molecule has 0 aliphatic rings. The van der Waals surface area contributed by atoms with Crippen LogP contribution in [0.15, 0.2) is 66.0 Å². The van der Waals surface area contributed by atoms with Crippen LogP contribution in [0.4, 0.5) is 0 Å². The molecule has 0 fully saturated rings. The van der Waals surface area contributed by atoms with E-state index in [1.807, 2.05) is 70.2 Å². The summed E-state index contributed by atoms with van der Waals surface area (Å²) < 4.78 is 28.3. The average molecular weight is 454 g/mol. The lowest BCUT2D eigenvalue weighted by atomic mass is 10.2. The summed E-state index contributed by atoms with van der Waals surface area (Å²) in [6.45, 7) is 9.24. The predicted octanol–water partition coefficient (Wildman–Crippen LogP) is 4.48. The third-order valence-electron chi connectivity index (χ3n) is 5.21. The van der Waals surface area contributed by atoms with Gasteiger partial charge < -0.3 is 9.47 Å². The van der Waals surface area contributed by atoms with Crippen molar-refractivity contribution in [1.29, 1.82) is 0 Å². The summed E-state index contributed by atoms with van der Waals surface area (Å²) in [7, 11) is -3.65. The Hall–Kier alpha value is -2.93. The highest BCUT2D eigenvalue weighted by atomic mass is 32.2. The molecule has 2 aromatic carbocycles. The number of carbonyl (C=O) groups is 1. The number of nitrogens with zero attached hydrogens (tertiary/aromatic N) is 3. The molecule has 1 aromatic heterocycles. The fourth-order valence-electron chi connectivity index (χ4n) is 3.70. The molecule has 6 nitrogen and oxygen atoms in total. The fraction of sp³-hybridized carbons (Fsp3) is 0.360. The quantitative estimate of drug-likeness (QED) is 0.479. The summed E-state index contributed by atoms with van der Waals surface area (Å²) in [6.07, 6.45) is 1.59. The van der Waals surface area contributed by atoms with Gasteiger partial charge in [0.05, 0.1) is 24.2 Å². The Kier molecular flexibility index (Phi) is 7.51. The average Bonchev–Trinajstić information content (AvgIpc) is 3.14.